The van der Waals surface area contributed by atoms with Crippen LogP contribution in [0, 0.1) is 45.3 Å². The summed E-state index contributed by atoms with van der Waals surface area (Å²) in [4.78, 5) is 25.5. The fourth-order valence-electron chi connectivity index (χ4n) is 11.2. The van der Waals surface area contributed by atoms with Crippen molar-refractivity contribution in [3.8, 4) is 23.7 Å². The average molecular weight is 1020 g/mol. The molecule has 74 heavy (non-hydrogen) atoms. The van der Waals surface area contributed by atoms with Crippen molar-refractivity contribution in [2.75, 3.05) is 13.2 Å². The van der Waals surface area contributed by atoms with Gasteiger partial charge in [0.25, 0.3) is 0 Å². The molecule has 8 rings (SSSR count). The smallest absolute Gasteiger partial charge is 0.338 e. The molecule has 4 atom stereocenters. The molecule has 5 fully saturated rings. The van der Waals surface area contributed by atoms with Crippen molar-refractivity contribution in [2.24, 2.45) is 21.7 Å². The molecule has 0 radical (unpaired) electrons. The topological polar surface area (TPSA) is 71.1 Å². The van der Waals surface area contributed by atoms with Gasteiger partial charge in [0.15, 0.2) is 14.1 Å². The van der Waals surface area contributed by atoms with Gasteiger partial charge in [-0.3, -0.25) is 4.79 Å². The van der Waals surface area contributed by atoms with E-state index in [0.29, 0.717) is 31.0 Å². The number of carbonyl (C=O) groups excluding carboxylic acids is 2. The Kier molecular flexibility index (Phi) is 19.7. The first-order valence-electron chi connectivity index (χ1n) is 28.0. The molecule has 4 aliphatic carbocycles. The molecule has 0 amide bonds. The van der Waals surface area contributed by atoms with Crippen molar-refractivity contribution in [3.63, 3.8) is 0 Å². The summed E-state index contributed by atoms with van der Waals surface area (Å²) >= 11 is 0. The summed E-state index contributed by atoms with van der Waals surface area (Å²) in [6.07, 6.45) is 35.5. The number of hydrogen-bond acceptors (Lipinski definition) is 6. The van der Waals surface area contributed by atoms with Crippen molar-refractivity contribution in [1.82, 2.24) is 0 Å². The maximum Gasteiger partial charge on any atom is 0.338 e. The monoisotopic (exact) mass is 1010 g/mol. The summed E-state index contributed by atoms with van der Waals surface area (Å²) in [7, 11) is -1.92. The maximum absolute atomic E-state index is 13.0. The summed E-state index contributed by atoms with van der Waals surface area (Å²) in [5, 5.41) is 0.164. The lowest BCUT2D eigenvalue weighted by Gasteiger charge is -2.46. The molecule has 1 saturated heterocycles. The number of ketones is 1. The van der Waals surface area contributed by atoms with Gasteiger partial charge in [0.05, 0.1) is 24.9 Å². The summed E-state index contributed by atoms with van der Waals surface area (Å²) in [5.41, 5.74) is 2.53. The van der Waals surface area contributed by atoms with Gasteiger partial charge in [-0.15, -0.1) is 0 Å². The van der Waals surface area contributed by atoms with Crippen molar-refractivity contribution < 1.29 is 28.2 Å². The zero-order valence-corrected chi connectivity index (χ0v) is 47.0. The van der Waals surface area contributed by atoms with Crippen LogP contribution in [0.5, 0.6) is 0 Å². The Morgan fingerprint density at radius 2 is 1.14 bits per heavy atom. The molecule has 4 saturated carbocycles. The minimum atomic E-state index is -1.92. The van der Waals surface area contributed by atoms with Crippen LogP contribution < -0.4 is 0 Å². The van der Waals surface area contributed by atoms with Gasteiger partial charge in [-0.2, -0.15) is 0 Å². The molecule has 3 aromatic carbocycles. The summed E-state index contributed by atoms with van der Waals surface area (Å²) in [6.45, 7) is 17.3. The molecule has 7 heteroatoms. The Morgan fingerprint density at radius 3 is 1.66 bits per heavy atom. The van der Waals surface area contributed by atoms with Gasteiger partial charge < -0.3 is 18.6 Å². The number of hydrogen-bond donors (Lipinski definition) is 0. The molecule has 1 aliphatic heterocycles. The van der Waals surface area contributed by atoms with Crippen LogP contribution in [-0.4, -0.2) is 51.3 Å². The normalized spacial score (nSPS) is 24.0. The van der Waals surface area contributed by atoms with E-state index in [0.717, 1.165) is 88.2 Å². The number of ether oxygens (including phenoxy) is 3. The van der Waals surface area contributed by atoms with Crippen LogP contribution in [0.1, 0.15) is 172 Å². The number of allylic oxidation sites excluding steroid dienone is 5. The van der Waals surface area contributed by atoms with Gasteiger partial charge in [0.1, 0.15) is 11.9 Å². The van der Waals surface area contributed by atoms with Crippen LogP contribution >= 0.6 is 0 Å². The second-order valence-corrected chi connectivity index (χ2v) is 28.9. The first-order valence-corrected chi connectivity index (χ1v) is 30.9. The molecule has 3 aromatic rings. The first-order chi connectivity index (χ1) is 35.5. The third-order valence-corrected chi connectivity index (χ3v) is 21.9. The summed E-state index contributed by atoms with van der Waals surface area (Å²) in [6, 6.07) is 29.7. The van der Waals surface area contributed by atoms with E-state index in [1.165, 1.54) is 32.1 Å². The minimum absolute atomic E-state index is 0.0718. The highest BCUT2D eigenvalue weighted by Gasteiger charge is 2.53. The molecular formula is C67H86O6Si. The van der Waals surface area contributed by atoms with Crippen LogP contribution in [0.4, 0.5) is 0 Å². The highest BCUT2D eigenvalue weighted by molar-refractivity contribution is 6.74. The van der Waals surface area contributed by atoms with Crippen molar-refractivity contribution in [1.29, 1.82) is 0 Å². The predicted octanol–water partition coefficient (Wildman–Crippen LogP) is 16.3. The number of esters is 1. The third kappa shape index (κ3) is 15.3. The van der Waals surface area contributed by atoms with E-state index in [1.807, 2.05) is 78.9 Å². The van der Waals surface area contributed by atoms with Crippen LogP contribution in [0.2, 0.25) is 18.1 Å². The molecule has 2 unspecified atom stereocenters. The highest BCUT2D eigenvalue weighted by atomic mass is 28.4. The Balaban J connectivity index is 0.000000218. The zero-order valence-electron chi connectivity index (χ0n) is 46.0. The summed E-state index contributed by atoms with van der Waals surface area (Å²) in [5.74, 6) is 13.2. The highest BCUT2D eigenvalue weighted by Crippen LogP contribution is 2.52. The van der Waals surface area contributed by atoms with Gasteiger partial charge in [-0.05, 0) is 143 Å². The van der Waals surface area contributed by atoms with E-state index in [1.54, 1.807) is 12.1 Å². The van der Waals surface area contributed by atoms with Crippen LogP contribution in [0.3, 0.4) is 0 Å². The van der Waals surface area contributed by atoms with Crippen LogP contribution in [0.15, 0.2) is 140 Å². The fourth-order valence-corrected chi connectivity index (χ4v) is 12.5. The molecule has 0 bridgehead atoms. The number of Topliss-reactive ketones (excluding diaryl/α,β-unsaturated/α-hetero) is 1. The van der Waals surface area contributed by atoms with E-state index in [2.05, 4.69) is 120 Å². The third-order valence-electron chi connectivity index (χ3n) is 17.4. The van der Waals surface area contributed by atoms with E-state index < -0.39 is 14.1 Å². The van der Waals surface area contributed by atoms with Gasteiger partial charge in [0.2, 0.25) is 0 Å². The Labute approximate surface area is 447 Å². The molecule has 1 heterocycles. The lowest BCUT2D eigenvalue weighted by molar-refractivity contribution is -0.235. The molecule has 5 aliphatic rings. The van der Waals surface area contributed by atoms with Gasteiger partial charge in [-0.25, -0.2) is 4.79 Å². The summed E-state index contributed by atoms with van der Waals surface area (Å²) < 4.78 is 25.3. The van der Waals surface area contributed by atoms with Crippen LogP contribution in [0.25, 0.3) is 0 Å². The van der Waals surface area contributed by atoms with Crippen molar-refractivity contribution in [3.05, 3.63) is 156 Å². The largest absolute Gasteiger partial charge is 0.455 e. The zero-order chi connectivity index (χ0) is 52.6. The lowest BCUT2D eigenvalue weighted by atomic mass is 9.63. The predicted molar refractivity (Wildman–Crippen MR) is 305 cm³/mol. The molecule has 1 spiro atoms. The van der Waals surface area contributed by atoms with E-state index in [4.69, 9.17) is 18.6 Å². The standard InChI is InChI=1S/C35H40O4.C32H46O2Si/c1-33(21-10-11-25-35(33)37-26-27-38-35)20-9-8-19-31(39-32(36)30-17-6-3-7-18-30)28-34(23-13-24-34)22-12-16-29-14-4-2-5-15-29;1-30(2,3)35(5,6)34-28(19-10-12-21-31(4)22-13-11-20-29(31)33)26-32(24-15-25-32)23-14-18-27-16-8-7-9-17-27/h2-9,14-15,17-20,31H,10-11,13,21-28H2,1H3;7-10,12,16-17,19,21,28H,11,13,15,20,22-26H2,1-6H3/b19-8+,20-9+;19-10+,21-12+/t31?,33-;28?,31-/m11/s1. The van der Waals surface area contributed by atoms with E-state index in [-0.39, 0.29) is 44.9 Å². The second-order valence-electron chi connectivity index (χ2n) is 24.1. The van der Waals surface area contributed by atoms with Gasteiger partial charge in [0, 0.05) is 47.6 Å². The molecular weight excluding hydrogens is 929 g/mol. The fraction of sp³-hybridized carbons (Fsp3) is 0.522. The molecule has 0 aromatic heterocycles. The van der Waals surface area contributed by atoms with Crippen molar-refractivity contribution in [2.45, 2.75) is 186 Å². The SMILES string of the molecule is CC(C)(C)[Si](C)(C)OC(/C=C/C=C/[C@]1(C)CCCCC1=O)CC1(CC#Cc2ccccc2)CCC1.C[C@@]1(/C=C/C=C/C(CC2(CC#Cc3ccccc3)CCC2)OC(=O)c2ccccc2)CCCCC12OCCO2. The number of rotatable bonds is 16. The number of carbonyl (C=O) groups is 2. The molecule has 6 nitrogen and oxygen atoms in total. The Bertz CT molecular complexity index is 2530. The Morgan fingerprint density at radius 1 is 0.635 bits per heavy atom. The molecule has 394 valence electrons. The van der Waals surface area contributed by atoms with Crippen LogP contribution in [-0.2, 0) is 23.4 Å². The first kappa shape index (κ1) is 56.7. The van der Waals surface area contributed by atoms with E-state index >= 15 is 0 Å². The Hall–Kier alpha value is -5.02. The van der Waals surface area contributed by atoms with Crippen molar-refractivity contribution >= 4 is 20.1 Å². The van der Waals surface area contributed by atoms with Gasteiger partial charge in [-0.1, -0.05) is 174 Å². The molecule has 0 N–H and O–H groups in total. The van der Waals surface area contributed by atoms with Gasteiger partial charge >= 0.3 is 5.97 Å². The van der Waals surface area contributed by atoms with E-state index in [9.17, 15) is 9.59 Å². The quantitative estimate of drug-likeness (QED) is 0.0616. The number of benzene rings is 3. The second kappa shape index (κ2) is 25.7. The average Bonchev–Trinajstić information content (AvgIpc) is 3.85. The lowest BCUT2D eigenvalue weighted by Crippen LogP contribution is -2.48. The maximum atomic E-state index is 13.0. The minimum Gasteiger partial charge on any atom is -0.455 e.